The van der Waals surface area contributed by atoms with Crippen LogP contribution in [-0.4, -0.2) is 6.54 Å². The van der Waals surface area contributed by atoms with Gasteiger partial charge in [0.05, 0.1) is 6.07 Å². The van der Waals surface area contributed by atoms with Gasteiger partial charge in [0.15, 0.2) is 0 Å². The van der Waals surface area contributed by atoms with E-state index in [0.717, 1.165) is 12.1 Å². The number of hydrogen-bond acceptors (Lipinski definition) is 2. The first-order valence-electron chi connectivity index (χ1n) is 4.44. The van der Waals surface area contributed by atoms with E-state index in [1.54, 1.807) is 0 Å². The van der Waals surface area contributed by atoms with Crippen molar-refractivity contribution in [2.45, 2.75) is 19.4 Å². The third-order valence-electron chi connectivity index (χ3n) is 2.11. The maximum atomic E-state index is 9.06. The number of nitrogens with zero attached hydrogens (tertiary/aromatic N) is 1. The SMILES string of the molecule is CCNC(C)(C#N)c1ccccc1. The second-order valence-electron chi connectivity index (χ2n) is 3.13. The van der Waals surface area contributed by atoms with E-state index in [1.807, 2.05) is 44.2 Å². The van der Waals surface area contributed by atoms with Crippen molar-refractivity contribution in [1.82, 2.24) is 5.32 Å². The molecule has 1 rings (SSSR count). The van der Waals surface area contributed by atoms with Gasteiger partial charge in [-0.1, -0.05) is 37.3 Å². The number of rotatable bonds is 3. The lowest BCUT2D eigenvalue weighted by atomic mass is 9.94. The Morgan fingerprint density at radius 2 is 2.00 bits per heavy atom. The first-order valence-corrected chi connectivity index (χ1v) is 4.44. The molecule has 1 N–H and O–H groups in total. The quantitative estimate of drug-likeness (QED) is 0.761. The van der Waals surface area contributed by atoms with E-state index in [4.69, 9.17) is 5.26 Å². The third-order valence-corrected chi connectivity index (χ3v) is 2.11. The lowest BCUT2D eigenvalue weighted by Gasteiger charge is -2.22. The van der Waals surface area contributed by atoms with Gasteiger partial charge in [0.2, 0.25) is 0 Å². The molecule has 0 bridgehead atoms. The van der Waals surface area contributed by atoms with Crippen molar-refractivity contribution >= 4 is 0 Å². The van der Waals surface area contributed by atoms with Gasteiger partial charge < -0.3 is 0 Å². The average molecular weight is 174 g/mol. The minimum absolute atomic E-state index is 0.560. The highest BCUT2D eigenvalue weighted by molar-refractivity contribution is 5.29. The zero-order chi connectivity index (χ0) is 9.73. The average Bonchev–Trinajstić information content (AvgIpc) is 2.19. The summed E-state index contributed by atoms with van der Waals surface area (Å²) in [5, 5.41) is 12.2. The van der Waals surface area contributed by atoms with E-state index >= 15 is 0 Å². The molecule has 0 fully saturated rings. The summed E-state index contributed by atoms with van der Waals surface area (Å²) in [6.07, 6.45) is 0. The van der Waals surface area contributed by atoms with Crippen molar-refractivity contribution in [1.29, 1.82) is 5.26 Å². The van der Waals surface area contributed by atoms with Crippen LogP contribution in [0.1, 0.15) is 19.4 Å². The molecule has 0 saturated heterocycles. The van der Waals surface area contributed by atoms with E-state index < -0.39 is 5.54 Å². The standard InChI is InChI=1S/C11H14N2/c1-3-13-11(2,9-12)10-7-5-4-6-8-10/h4-8,13H,3H2,1-2H3. The molecule has 0 heterocycles. The molecule has 2 nitrogen and oxygen atoms in total. The van der Waals surface area contributed by atoms with Gasteiger partial charge in [-0.25, -0.2) is 0 Å². The Hall–Kier alpha value is -1.33. The first-order chi connectivity index (χ1) is 6.23. The van der Waals surface area contributed by atoms with Gasteiger partial charge in [-0.15, -0.1) is 0 Å². The minimum Gasteiger partial charge on any atom is -0.296 e. The Kier molecular flexibility index (Phi) is 3.05. The predicted octanol–water partition coefficient (Wildman–Crippen LogP) is 2.03. The van der Waals surface area contributed by atoms with Crippen LogP contribution in [0.5, 0.6) is 0 Å². The van der Waals surface area contributed by atoms with Crippen LogP contribution < -0.4 is 5.32 Å². The molecular formula is C11H14N2. The van der Waals surface area contributed by atoms with Crippen LogP contribution in [0.15, 0.2) is 30.3 Å². The molecule has 68 valence electrons. The molecule has 1 unspecified atom stereocenters. The normalized spacial score (nSPS) is 14.5. The Morgan fingerprint density at radius 1 is 1.38 bits per heavy atom. The lowest BCUT2D eigenvalue weighted by molar-refractivity contribution is 0.482. The molecule has 0 aliphatic carbocycles. The molecule has 1 aromatic carbocycles. The predicted molar refractivity (Wildman–Crippen MR) is 53.1 cm³/mol. The molecule has 0 aliphatic rings. The minimum atomic E-state index is -0.560. The summed E-state index contributed by atoms with van der Waals surface area (Å²) in [5.41, 5.74) is 0.454. The molecule has 1 atom stereocenters. The highest BCUT2D eigenvalue weighted by atomic mass is 15.0. The Labute approximate surface area is 79.2 Å². The van der Waals surface area contributed by atoms with Gasteiger partial charge in [0.25, 0.3) is 0 Å². The van der Waals surface area contributed by atoms with E-state index in [9.17, 15) is 0 Å². The molecule has 0 aromatic heterocycles. The van der Waals surface area contributed by atoms with E-state index in [2.05, 4.69) is 11.4 Å². The highest BCUT2D eigenvalue weighted by Crippen LogP contribution is 2.18. The summed E-state index contributed by atoms with van der Waals surface area (Å²) in [5.74, 6) is 0. The van der Waals surface area contributed by atoms with Crippen LogP contribution in [0.25, 0.3) is 0 Å². The zero-order valence-electron chi connectivity index (χ0n) is 8.04. The van der Waals surface area contributed by atoms with Gasteiger partial charge in [0, 0.05) is 0 Å². The highest BCUT2D eigenvalue weighted by Gasteiger charge is 2.23. The molecule has 0 spiro atoms. The molecule has 0 radical (unpaired) electrons. The molecule has 2 heteroatoms. The molecule has 0 aliphatic heterocycles. The van der Waals surface area contributed by atoms with Crippen molar-refractivity contribution in [2.75, 3.05) is 6.54 Å². The van der Waals surface area contributed by atoms with Gasteiger partial charge in [-0.2, -0.15) is 5.26 Å². The lowest BCUT2D eigenvalue weighted by Crippen LogP contribution is -2.37. The number of hydrogen-bond donors (Lipinski definition) is 1. The smallest absolute Gasteiger partial charge is 0.129 e. The Morgan fingerprint density at radius 3 is 2.46 bits per heavy atom. The zero-order valence-corrected chi connectivity index (χ0v) is 8.04. The fraction of sp³-hybridized carbons (Fsp3) is 0.364. The largest absolute Gasteiger partial charge is 0.296 e. The fourth-order valence-corrected chi connectivity index (χ4v) is 1.33. The fourth-order valence-electron chi connectivity index (χ4n) is 1.33. The monoisotopic (exact) mass is 174 g/mol. The van der Waals surface area contributed by atoms with E-state index in [-0.39, 0.29) is 0 Å². The van der Waals surface area contributed by atoms with Crippen LogP contribution in [0.4, 0.5) is 0 Å². The number of benzene rings is 1. The maximum Gasteiger partial charge on any atom is 0.129 e. The van der Waals surface area contributed by atoms with Crippen LogP contribution in [0.2, 0.25) is 0 Å². The van der Waals surface area contributed by atoms with Crippen LogP contribution in [0.3, 0.4) is 0 Å². The second kappa shape index (κ2) is 4.06. The van der Waals surface area contributed by atoms with E-state index in [0.29, 0.717) is 0 Å². The Balaban J connectivity index is 2.98. The molecule has 0 amide bonds. The van der Waals surface area contributed by atoms with Crippen molar-refractivity contribution < 1.29 is 0 Å². The summed E-state index contributed by atoms with van der Waals surface area (Å²) in [4.78, 5) is 0. The van der Waals surface area contributed by atoms with Crippen LogP contribution in [0, 0.1) is 11.3 Å². The molecule has 13 heavy (non-hydrogen) atoms. The maximum absolute atomic E-state index is 9.06. The van der Waals surface area contributed by atoms with Crippen molar-refractivity contribution in [3.8, 4) is 6.07 Å². The van der Waals surface area contributed by atoms with Crippen LogP contribution in [-0.2, 0) is 5.54 Å². The van der Waals surface area contributed by atoms with Gasteiger partial charge in [-0.05, 0) is 19.0 Å². The molecular weight excluding hydrogens is 160 g/mol. The van der Waals surface area contributed by atoms with Crippen molar-refractivity contribution in [3.05, 3.63) is 35.9 Å². The number of nitriles is 1. The summed E-state index contributed by atoms with van der Waals surface area (Å²) in [6.45, 7) is 4.68. The summed E-state index contributed by atoms with van der Waals surface area (Å²) >= 11 is 0. The topological polar surface area (TPSA) is 35.8 Å². The molecule has 1 aromatic rings. The van der Waals surface area contributed by atoms with E-state index in [1.165, 1.54) is 0 Å². The third kappa shape index (κ3) is 2.07. The van der Waals surface area contributed by atoms with Crippen molar-refractivity contribution in [3.63, 3.8) is 0 Å². The summed E-state index contributed by atoms with van der Waals surface area (Å²) in [6, 6.07) is 12.1. The van der Waals surface area contributed by atoms with Crippen LogP contribution >= 0.6 is 0 Å². The summed E-state index contributed by atoms with van der Waals surface area (Å²) < 4.78 is 0. The first kappa shape index (κ1) is 9.76. The Bertz CT molecular complexity index is 300. The number of nitrogens with one attached hydrogen (secondary N) is 1. The van der Waals surface area contributed by atoms with Gasteiger partial charge in [0.1, 0.15) is 5.54 Å². The summed E-state index contributed by atoms with van der Waals surface area (Å²) in [7, 11) is 0. The van der Waals surface area contributed by atoms with Gasteiger partial charge in [-0.3, -0.25) is 5.32 Å². The van der Waals surface area contributed by atoms with Gasteiger partial charge >= 0.3 is 0 Å². The second-order valence-corrected chi connectivity index (χ2v) is 3.13. The van der Waals surface area contributed by atoms with Crippen molar-refractivity contribution in [2.24, 2.45) is 0 Å². The molecule has 0 saturated carbocycles.